The molecule has 196 valence electrons. The molecule has 0 radical (unpaired) electrons. The number of rotatable bonds is 8. The number of carbonyl (C=O) groups excluding carboxylic acids is 1. The molecular weight excluding hydrogens is 498 g/mol. The second-order valence-electron chi connectivity index (χ2n) is 8.61. The summed E-state index contributed by atoms with van der Waals surface area (Å²) in [5.41, 5.74) is 2.25. The number of ether oxygens (including phenoxy) is 1. The number of imidazole rings is 1. The molecule has 2 heterocycles. The summed E-state index contributed by atoms with van der Waals surface area (Å²) in [6.45, 7) is 1.73. The molecule has 2 aromatic heterocycles. The van der Waals surface area contributed by atoms with Gasteiger partial charge in [0.05, 0.1) is 16.8 Å². The van der Waals surface area contributed by atoms with Crippen LogP contribution in [-0.4, -0.2) is 21.2 Å². The average molecular weight is 524 g/mol. The molecule has 0 aliphatic heterocycles. The van der Waals surface area contributed by atoms with Crippen molar-refractivity contribution in [2.24, 2.45) is 0 Å². The summed E-state index contributed by atoms with van der Waals surface area (Å²) in [5, 5.41) is 0.160. The summed E-state index contributed by atoms with van der Waals surface area (Å²) < 4.78 is 64.5. The van der Waals surface area contributed by atoms with Crippen molar-refractivity contribution in [1.29, 1.82) is 0 Å². The number of halogens is 4. The number of aryl methyl sites for hydroxylation is 2. The zero-order valence-corrected chi connectivity index (χ0v) is 19.7. The van der Waals surface area contributed by atoms with E-state index in [0.29, 0.717) is 28.9 Å². The summed E-state index contributed by atoms with van der Waals surface area (Å²) in [7, 11) is 0. The lowest BCUT2D eigenvalue weighted by atomic mass is 10.0. The van der Waals surface area contributed by atoms with E-state index in [0.717, 1.165) is 18.4 Å². The largest absolute Gasteiger partial charge is 0.451 e. The van der Waals surface area contributed by atoms with Crippen LogP contribution >= 0.6 is 0 Å². The molecule has 0 aliphatic rings. The summed E-state index contributed by atoms with van der Waals surface area (Å²) in [6, 6.07) is 11.2. The van der Waals surface area contributed by atoms with E-state index in [1.165, 1.54) is 24.4 Å². The van der Waals surface area contributed by atoms with Gasteiger partial charge in [0, 0.05) is 36.2 Å². The van der Waals surface area contributed by atoms with Gasteiger partial charge in [0.15, 0.2) is 17.4 Å². The second kappa shape index (κ2) is 10.9. The van der Waals surface area contributed by atoms with Gasteiger partial charge in [-0.2, -0.15) is 0 Å². The molecule has 0 unspecified atom stereocenters. The summed E-state index contributed by atoms with van der Waals surface area (Å²) in [4.78, 5) is 20.9. The molecule has 0 spiro atoms. The maximum atomic E-state index is 14.9. The number of aromatic nitrogens is 3. The number of nitrogens with zero attached hydrogens (tertiary/aromatic N) is 1. The minimum Gasteiger partial charge on any atom is -0.451 e. The SMILES string of the molecule is C.Cc1[nH]c(-c2cc(Oc3c(F)cc4[nH]ccc4c3F)ccc2F)nc1Cc1cccc(CCC=O)c1F. The number of H-pyrrole nitrogens is 2. The zero-order valence-electron chi connectivity index (χ0n) is 19.7. The molecule has 5 rings (SSSR count). The maximum Gasteiger partial charge on any atom is 0.199 e. The van der Waals surface area contributed by atoms with Crippen molar-refractivity contribution in [3.05, 3.63) is 101 Å². The first-order valence-corrected chi connectivity index (χ1v) is 11.5. The van der Waals surface area contributed by atoms with Gasteiger partial charge in [0.1, 0.15) is 29.5 Å². The molecule has 0 saturated heterocycles. The van der Waals surface area contributed by atoms with Gasteiger partial charge < -0.3 is 19.5 Å². The lowest BCUT2D eigenvalue weighted by molar-refractivity contribution is -0.107. The number of carbonyl (C=O) groups is 1. The Hall–Kier alpha value is -4.40. The van der Waals surface area contributed by atoms with E-state index in [4.69, 9.17) is 4.74 Å². The third kappa shape index (κ3) is 5.04. The van der Waals surface area contributed by atoms with Crippen molar-refractivity contribution < 1.29 is 27.1 Å². The van der Waals surface area contributed by atoms with E-state index in [9.17, 15) is 22.4 Å². The van der Waals surface area contributed by atoms with Gasteiger partial charge in [-0.05, 0) is 48.7 Å². The van der Waals surface area contributed by atoms with Crippen molar-refractivity contribution in [2.75, 3.05) is 0 Å². The first-order valence-electron chi connectivity index (χ1n) is 11.5. The summed E-state index contributed by atoms with van der Waals surface area (Å²) >= 11 is 0. The predicted octanol–water partition coefficient (Wildman–Crippen LogP) is 7.57. The third-order valence-corrected chi connectivity index (χ3v) is 6.15. The van der Waals surface area contributed by atoms with Gasteiger partial charge in [-0.3, -0.25) is 0 Å². The normalized spacial score (nSPS) is 11.0. The van der Waals surface area contributed by atoms with Crippen LogP contribution < -0.4 is 4.74 Å². The quantitative estimate of drug-likeness (QED) is 0.163. The first-order chi connectivity index (χ1) is 17.9. The van der Waals surface area contributed by atoms with E-state index in [1.807, 2.05) is 0 Å². The fraction of sp³-hybridized carbons (Fsp3) is 0.172. The molecule has 0 atom stereocenters. The Morgan fingerprint density at radius 3 is 2.55 bits per heavy atom. The van der Waals surface area contributed by atoms with Crippen molar-refractivity contribution in [3.63, 3.8) is 0 Å². The van der Waals surface area contributed by atoms with E-state index in [2.05, 4.69) is 15.0 Å². The molecule has 3 aromatic carbocycles. The monoisotopic (exact) mass is 523 g/mol. The zero-order chi connectivity index (χ0) is 26.1. The lowest BCUT2D eigenvalue weighted by Crippen LogP contribution is -2.00. The molecule has 38 heavy (non-hydrogen) atoms. The Morgan fingerprint density at radius 1 is 0.974 bits per heavy atom. The Bertz CT molecular complexity index is 1620. The third-order valence-electron chi connectivity index (χ3n) is 6.15. The van der Waals surface area contributed by atoms with Crippen LogP contribution in [0.5, 0.6) is 11.5 Å². The van der Waals surface area contributed by atoms with Crippen LogP contribution in [0.2, 0.25) is 0 Å². The minimum absolute atomic E-state index is 0. The van der Waals surface area contributed by atoms with E-state index >= 15 is 0 Å². The number of nitrogens with one attached hydrogen (secondary N) is 2. The van der Waals surface area contributed by atoms with Gasteiger partial charge in [0.2, 0.25) is 0 Å². The highest BCUT2D eigenvalue weighted by Gasteiger charge is 2.19. The number of hydrogen-bond acceptors (Lipinski definition) is 3. The molecule has 0 amide bonds. The standard InChI is InChI=1S/C28H21F4N3O2.CH4/c1-15-23(12-17-5-2-4-16(25(17)31)6-3-11-36)35-28(34-15)20-13-18(7-8-21(20)29)37-27-22(30)14-24-19(26(27)32)9-10-33-24;/h2,4-5,7-11,13-14,33H,3,6,12H2,1H3,(H,34,35);1H4. The molecule has 0 fully saturated rings. The van der Waals surface area contributed by atoms with Crippen molar-refractivity contribution in [2.45, 2.75) is 33.6 Å². The summed E-state index contributed by atoms with van der Waals surface area (Å²) in [5.74, 6) is -3.26. The molecule has 0 aliphatic carbocycles. The smallest absolute Gasteiger partial charge is 0.199 e. The van der Waals surface area contributed by atoms with Crippen LogP contribution in [0.15, 0.2) is 54.7 Å². The van der Waals surface area contributed by atoms with Crippen LogP contribution in [0.4, 0.5) is 17.6 Å². The van der Waals surface area contributed by atoms with Crippen molar-refractivity contribution in [3.8, 4) is 22.9 Å². The summed E-state index contributed by atoms with van der Waals surface area (Å²) in [6.07, 6.45) is 2.88. The topological polar surface area (TPSA) is 70.8 Å². The van der Waals surface area contributed by atoms with Crippen LogP contribution in [0.3, 0.4) is 0 Å². The van der Waals surface area contributed by atoms with Gasteiger partial charge in [-0.15, -0.1) is 0 Å². The Morgan fingerprint density at radius 2 is 1.76 bits per heavy atom. The second-order valence-corrected chi connectivity index (χ2v) is 8.61. The molecule has 2 N–H and O–H groups in total. The van der Waals surface area contributed by atoms with Crippen LogP contribution in [0.25, 0.3) is 22.3 Å². The van der Waals surface area contributed by atoms with Gasteiger partial charge >= 0.3 is 0 Å². The molecule has 9 heteroatoms. The van der Waals surface area contributed by atoms with E-state index < -0.39 is 29.0 Å². The fourth-order valence-electron chi connectivity index (χ4n) is 4.23. The van der Waals surface area contributed by atoms with Crippen molar-refractivity contribution >= 4 is 17.2 Å². The highest BCUT2D eigenvalue weighted by atomic mass is 19.1. The fourth-order valence-corrected chi connectivity index (χ4v) is 4.23. The predicted molar refractivity (Wildman–Crippen MR) is 137 cm³/mol. The Balaban J connectivity index is 0.00000336. The van der Waals surface area contributed by atoms with Crippen LogP contribution in [0.1, 0.15) is 36.4 Å². The Kier molecular flexibility index (Phi) is 7.66. The lowest BCUT2D eigenvalue weighted by Gasteiger charge is -2.10. The molecular formula is C29H25F4N3O2. The first kappa shape index (κ1) is 26.7. The van der Waals surface area contributed by atoms with Crippen LogP contribution in [0, 0.1) is 30.2 Å². The number of aromatic amines is 2. The number of benzene rings is 3. The molecule has 5 nitrogen and oxygen atoms in total. The Labute approximate surface area is 216 Å². The van der Waals surface area contributed by atoms with Gasteiger partial charge in [-0.1, -0.05) is 25.6 Å². The van der Waals surface area contributed by atoms with Gasteiger partial charge in [-0.25, -0.2) is 22.5 Å². The molecule has 0 bridgehead atoms. The average Bonchev–Trinajstić information content (AvgIpc) is 3.49. The van der Waals surface area contributed by atoms with Crippen LogP contribution in [-0.2, 0) is 17.6 Å². The maximum absolute atomic E-state index is 14.9. The highest BCUT2D eigenvalue weighted by Crippen LogP contribution is 2.35. The molecule has 5 aromatic rings. The van der Waals surface area contributed by atoms with Crippen molar-refractivity contribution in [1.82, 2.24) is 15.0 Å². The number of fused-ring (bicyclic) bond motifs is 1. The van der Waals surface area contributed by atoms with E-state index in [-0.39, 0.29) is 48.3 Å². The number of hydrogen-bond donors (Lipinski definition) is 2. The van der Waals surface area contributed by atoms with Gasteiger partial charge in [0.25, 0.3) is 0 Å². The minimum atomic E-state index is -0.910. The highest BCUT2D eigenvalue weighted by molar-refractivity contribution is 5.82. The number of aldehydes is 1. The molecule has 0 saturated carbocycles. The van der Waals surface area contributed by atoms with E-state index in [1.54, 1.807) is 25.1 Å².